The predicted octanol–water partition coefficient (Wildman–Crippen LogP) is 5.31. The number of urea groups is 1. The molecule has 0 spiro atoms. The van der Waals surface area contributed by atoms with Gasteiger partial charge in [-0.2, -0.15) is 0 Å². The first-order chi connectivity index (χ1) is 19.7. The number of thioether (sulfide) groups is 1. The largest absolute Gasteiger partial charge is 0.392 e. The molecular formula is C31H32N4O4S. The van der Waals surface area contributed by atoms with Crippen LogP contribution in [0.1, 0.15) is 46.6 Å². The third-order valence-corrected chi connectivity index (χ3v) is 7.56. The van der Waals surface area contributed by atoms with Crippen LogP contribution in [0.2, 0.25) is 0 Å². The number of aromatic nitrogens is 2. The quantitative estimate of drug-likeness (QED) is 0.180. The normalized spacial score (nSPS) is 18.7. The Bertz CT molecular complexity index is 1340. The van der Waals surface area contributed by atoms with Gasteiger partial charge in [0.15, 0.2) is 11.4 Å². The zero-order valence-corrected chi connectivity index (χ0v) is 22.8. The second-order valence-electron chi connectivity index (χ2n) is 9.46. The summed E-state index contributed by atoms with van der Waals surface area (Å²) in [5.41, 5.74) is 4.82. The number of amides is 2. The number of ether oxygens (including phenoxy) is 2. The Morgan fingerprint density at radius 2 is 1.43 bits per heavy atom. The highest BCUT2D eigenvalue weighted by atomic mass is 32.2. The Labute approximate surface area is 238 Å². The number of aliphatic hydroxyl groups is 1. The zero-order chi connectivity index (χ0) is 27.6. The van der Waals surface area contributed by atoms with Gasteiger partial charge in [0.2, 0.25) is 0 Å². The minimum absolute atomic E-state index is 0.00374. The Morgan fingerprint density at radius 3 is 2.10 bits per heavy atom. The topological polar surface area (TPSA) is 106 Å². The molecule has 1 aliphatic heterocycles. The highest BCUT2D eigenvalue weighted by Crippen LogP contribution is 2.39. The van der Waals surface area contributed by atoms with E-state index in [-0.39, 0.29) is 24.8 Å². The third kappa shape index (κ3) is 7.89. The molecule has 8 nitrogen and oxygen atoms in total. The lowest BCUT2D eigenvalue weighted by molar-refractivity contribution is -0.245. The van der Waals surface area contributed by atoms with Gasteiger partial charge in [-0.05, 0) is 28.3 Å². The Hall–Kier alpha value is -3.76. The van der Waals surface area contributed by atoms with Crippen LogP contribution in [0.15, 0.2) is 102 Å². The number of rotatable bonds is 10. The van der Waals surface area contributed by atoms with Crippen LogP contribution in [0, 0.1) is 0 Å². The van der Waals surface area contributed by atoms with Crippen molar-refractivity contribution in [1.29, 1.82) is 0 Å². The second-order valence-corrected chi connectivity index (χ2v) is 10.4. The molecule has 4 aromatic rings. The maximum Gasteiger partial charge on any atom is 0.315 e. The van der Waals surface area contributed by atoms with Crippen LogP contribution in [0.4, 0.5) is 4.79 Å². The maximum absolute atomic E-state index is 12.2. The van der Waals surface area contributed by atoms with E-state index in [0.29, 0.717) is 30.4 Å². The fraction of sp³-hybridized carbons (Fsp3) is 0.258. The number of nitrogens with zero attached hydrogens (tertiary/aromatic N) is 2. The van der Waals surface area contributed by atoms with E-state index in [9.17, 15) is 9.90 Å². The lowest BCUT2D eigenvalue weighted by atomic mass is 10.0. The predicted molar refractivity (Wildman–Crippen MR) is 153 cm³/mol. The average molecular weight is 557 g/mol. The van der Waals surface area contributed by atoms with E-state index in [2.05, 4.69) is 20.6 Å². The van der Waals surface area contributed by atoms with Gasteiger partial charge in [0.1, 0.15) is 0 Å². The summed E-state index contributed by atoms with van der Waals surface area (Å²) >= 11 is 1.56. The van der Waals surface area contributed by atoms with Crippen molar-refractivity contribution >= 4 is 17.8 Å². The number of hydrogen-bond acceptors (Lipinski definition) is 7. The van der Waals surface area contributed by atoms with Gasteiger partial charge in [0.05, 0.1) is 18.8 Å². The molecule has 0 bridgehead atoms. The first kappa shape index (κ1) is 27.8. The molecule has 9 heteroatoms. The Kier molecular flexibility index (Phi) is 9.76. The van der Waals surface area contributed by atoms with Crippen molar-refractivity contribution in [2.75, 3.05) is 5.75 Å². The van der Waals surface area contributed by atoms with Crippen molar-refractivity contribution in [3.8, 4) is 0 Å². The van der Waals surface area contributed by atoms with Crippen LogP contribution < -0.4 is 10.6 Å². The summed E-state index contributed by atoms with van der Waals surface area (Å²) in [4.78, 5) is 20.8. The SMILES string of the molecule is O=C(NCc1ccccc1)NCc1ccc([C@H]2O[C@@H](CSc3ncccn3)C[C@@H](c3ccc(CO)cc3)O2)cc1. The van der Waals surface area contributed by atoms with Crippen LogP contribution in [0.25, 0.3) is 0 Å². The molecule has 1 aliphatic rings. The molecular weight excluding hydrogens is 524 g/mol. The molecule has 0 saturated carbocycles. The standard InChI is InChI=1S/C31H32N4O4S/c36-20-24-9-11-25(12-10-24)28-17-27(21-40-31-32-15-4-16-33-31)38-29(39-28)26-13-7-23(8-14-26)19-35-30(37)34-18-22-5-2-1-3-6-22/h1-16,27-29,36H,17-21H2,(H2,34,35,37)/t27-,28+,29+/m1/s1. The number of aliphatic hydroxyl groups excluding tert-OH is 1. The van der Waals surface area contributed by atoms with Gasteiger partial charge in [-0.15, -0.1) is 0 Å². The first-order valence-corrected chi connectivity index (χ1v) is 14.2. The van der Waals surface area contributed by atoms with E-state index in [1.165, 1.54) is 0 Å². The molecule has 206 valence electrons. The Morgan fingerprint density at radius 1 is 0.800 bits per heavy atom. The molecule has 0 aliphatic carbocycles. The molecule has 3 atom stereocenters. The number of carbonyl (C=O) groups is 1. The Balaban J connectivity index is 1.21. The molecule has 3 aromatic carbocycles. The fourth-order valence-electron chi connectivity index (χ4n) is 4.37. The lowest BCUT2D eigenvalue weighted by Gasteiger charge is -2.36. The van der Waals surface area contributed by atoms with E-state index < -0.39 is 6.29 Å². The summed E-state index contributed by atoms with van der Waals surface area (Å²) in [6, 6.07) is 27.1. The van der Waals surface area contributed by atoms with Gasteiger partial charge >= 0.3 is 6.03 Å². The molecule has 1 saturated heterocycles. The van der Waals surface area contributed by atoms with Crippen LogP contribution in [0.5, 0.6) is 0 Å². The molecule has 40 heavy (non-hydrogen) atoms. The number of carbonyl (C=O) groups excluding carboxylic acids is 1. The van der Waals surface area contributed by atoms with E-state index in [4.69, 9.17) is 9.47 Å². The first-order valence-electron chi connectivity index (χ1n) is 13.2. The van der Waals surface area contributed by atoms with Crippen molar-refractivity contribution in [2.45, 2.75) is 49.8 Å². The van der Waals surface area contributed by atoms with Crippen molar-refractivity contribution in [1.82, 2.24) is 20.6 Å². The molecule has 1 fully saturated rings. The molecule has 0 unspecified atom stereocenters. The van der Waals surface area contributed by atoms with Crippen molar-refractivity contribution in [3.63, 3.8) is 0 Å². The third-order valence-electron chi connectivity index (χ3n) is 6.56. The molecule has 1 aromatic heterocycles. The van der Waals surface area contributed by atoms with Crippen molar-refractivity contribution in [3.05, 3.63) is 125 Å². The monoisotopic (exact) mass is 556 g/mol. The van der Waals surface area contributed by atoms with Crippen molar-refractivity contribution < 1.29 is 19.4 Å². The summed E-state index contributed by atoms with van der Waals surface area (Å²) in [7, 11) is 0. The summed E-state index contributed by atoms with van der Waals surface area (Å²) in [5.74, 6) is 0.690. The van der Waals surface area contributed by atoms with Gasteiger partial charge in [0.25, 0.3) is 0 Å². The smallest absolute Gasteiger partial charge is 0.315 e. The average Bonchev–Trinajstić information content (AvgIpc) is 3.03. The number of hydrogen-bond donors (Lipinski definition) is 3. The molecule has 2 amide bonds. The van der Waals surface area contributed by atoms with Crippen LogP contribution in [-0.4, -0.2) is 33.0 Å². The van der Waals surface area contributed by atoms with Gasteiger partial charge < -0.3 is 25.2 Å². The summed E-state index contributed by atoms with van der Waals surface area (Å²) in [6.45, 7) is 0.884. The van der Waals surface area contributed by atoms with Gasteiger partial charge in [-0.3, -0.25) is 0 Å². The lowest BCUT2D eigenvalue weighted by Crippen LogP contribution is -2.34. The van der Waals surface area contributed by atoms with E-state index >= 15 is 0 Å². The van der Waals surface area contributed by atoms with Gasteiger partial charge in [-0.1, -0.05) is 90.6 Å². The molecule has 0 radical (unpaired) electrons. The van der Waals surface area contributed by atoms with E-state index in [1.807, 2.05) is 78.9 Å². The fourth-order valence-corrected chi connectivity index (χ4v) is 5.19. The van der Waals surface area contributed by atoms with Gasteiger partial charge in [0, 0.05) is 43.2 Å². The van der Waals surface area contributed by atoms with E-state index in [0.717, 1.165) is 27.8 Å². The number of benzene rings is 3. The summed E-state index contributed by atoms with van der Waals surface area (Å²) < 4.78 is 12.8. The van der Waals surface area contributed by atoms with Crippen LogP contribution >= 0.6 is 11.8 Å². The minimum Gasteiger partial charge on any atom is -0.392 e. The molecule has 5 rings (SSSR count). The number of nitrogens with one attached hydrogen (secondary N) is 2. The van der Waals surface area contributed by atoms with Crippen LogP contribution in [0.3, 0.4) is 0 Å². The highest BCUT2D eigenvalue weighted by molar-refractivity contribution is 7.99. The summed E-state index contributed by atoms with van der Waals surface area (Å²) in [5, 5.41) is 15.9. The zero-order valence-electron chi connectivity index (χ0n) is 22.0. The van der Waals surface area contributed by atoms with Gasteiger partial charge in [-0.25, -0.2) is 14.8 Å². The minimum atomic E-state index is -0.547. The highest BCUT2D eigenvalue weighted by Gasteiger charge is 2.32. The van der Waals surface area contributed by atoms with E-state index in [1.54, 1.807) is 30.2 Å². The maximum atomic E-state index is 12.2. The summed E-state index contributed by atoms with van der Waals surface area (Å²) in [6.07, 6.45) is 3.37. The van der Waals surface area contributed by atoms with Crippen molar-refractivity contribution in [2.24, 2.45) is 0 Å². The molecule has 3 N–H and O–H groups in total. The van der Waals surface area contributed by atoms with Crippen LogP contribution in [-0.2, 0) is 29.2 Å². The second kappa shape index (κ2) is 14.0. The molecule has 2 heterocycles.